The predicted molar refractivity (Wildman–Crippen MR) is 106 cm³/mol. The summed E-state index contributed by atoms with van der Waals surface area (Å²) in [5, 5.41) is 5.35. The van der Waals surface area contributed by atoms with E-state index < -0.39 is 0 Å². The number of ether oxygens (including phenoxy) is 1. The lowest BCUT2D eigenvalue weighted by Gasteiger charge is -2.32. The Hall–Kier alpha value is -2.25. The van der Waals surface area contributed by atoms with E-state index in [0.717, 1.165) is 68.3 Å². The van der Waals surface area contributed by atoms with Crippen LogP contribution in [-0.4, -0.2) is 57.9 Å². The molecule has 1 unspecified atom stereocenters. The molecule has 1 atom stereocenters. The van der Waals surface area contributed by atoms with E-state index in [-0.39, 0.29) is 0 Å². The second-order valence-electron chi connectivity index (χ2n) is 7.91. The molecule has 0 amide bonds. The van der Waals surface area contributed by atoms with E-state index in [1.165, 1.54) is 29.5 Å². The third-order valence-electron chi connectivity index (χ3n) is 6.16. The van der Waals surface area contributed by atoms with Crippen molar-refractivity contribution in [1.29, 1.82) is 0 Å². The zero-order valence-electron chi connectivity index (χ0n) is 16.6. The molecule has 1 saturated heterocycles. The van der Waals surface area contributed by atoms with Crippen molar-refractivity contribution in [2.45, 2.75) is 45.4 Å². The molecule has 0 saturated carbocycles. The summed E-state index contributed by atoms with van der Waals surface area (Å²) in [5.74, 6) is 1.78. The Kier molecular flexibility index (Phi) is 4.64. The highest BCUT2D eigenvalue weighted by molar-refractivity contribution is 5.91. The van der Waals surface area contributed by atoms with Crippen LogP contribution in [0.3, 0.4) is 0 Å². The lowest BCUT2D eigenvalue weighted by atomic mass is 9.83. The normalized spacial score (nSPS) is 20.6. The highest BCUT2D eigenvalue weighted by atomic mass is 16.5. The van der Waals surface area contributed by atoms with Crippen molar-refractivity contribution in [3.8, 4) is 11.6 Å². The third-order valence-corrected chi connectivity index (χ3v) is 6.16. The highest BCUT2D eigenvalue weighted by Crippen LogP contribution is 2.40. The van der Waals surface area contributed by atoms with Gasteiger partial charge in [0, 0.05) is 37.1 Å². The average Bonchev–Trinajstić information content (AvgIpc) is 3.34. The molecular weight excluding hydrogens is 354 g/mol. The fraction of sp³-hybridized carbons (Fsp3) is 0.571. The topological polar surface area (TPSA) is 80.1 Å². The first-order chi connectivity index (χ1) is 13.7. The molecule has 0 bridgehead atoms. The summed E-state index contributed by atoms with van der Waals surface area (Å²) in [5.41, 5.74) is 5.91. The van der Waals surface area contributed by atoms with E-state index in [0.29, 0.717) is 11.8 Å². The second kappa shape index (κ2) is 7.29. The van der Waals surface area contributed by atoms with Gasteiger partial charge in [-0.15, -0.1) is 0 Å². The number of rotatable bonds is 4. The van der Waals surface area contributed by atoms with Crippen molar-refractivity contribution >= 4 is 10.9 Å². The van der Waals surface area contributed by atoms with Gasteiger partial charge in [-0.05, 0) is 43.2 Å². The van der Waals surface area contributed by atoms with Crippen LogP contribution in [-0.2, 0) is 17.6 Å². The lowest BCUT2D eigenvalue weighted by molar-refractivity contribution is 0.0343. The highest BCUT2D eigenvalue weighted by Gasteiger charge is 2.29. The summed E-state index contributed by atoms with van der Waals surface area (Å²) in [6.07, 6.45) is 6.26. The van der Waals surface area contributed by atoms with Crippen LogP contribution in [0.2, 0.25) is 0 Å². The van der Waals surface area contributed by atoms with E-state index in [1.807, 2.05) is 13.1 Å². The van der Waals surface area contributed by atoms with Crippen LogP contribution >= 0.6 is 0 Å². The van der Waals surface area contributed by atoms with E-state index >= 15 is 0 Å². The van der Waals surface area contributed by atoms with Gasteiger partial charge in [-0.1, -0.05) is 12.1 Å². The molecule has 4 heterocycles. The molecule has 0 radical (unpaired) electrons. The first kappa shape index (κ1) is 17.8. The van der Waals surface area contributed by atoms with Crippen molar-refractivity contribution in [1.82, 2.24) is 25.0 Å². The molecule has 7 heteroatoms. The average molecular weight is 381 g/mol. The van der Waals surface area contributed by atoms with Gasteiger partial charge >= 0.3 is 0 Å². The Labute approximate surface area is 164 Å². The quantitative estimate of drug-likeness (QED) is 0.747. The van der Waals surface area contributed by atoms with Gasteiger partial charge in [0.1, 0.15) is 5.69 Å². The lowest BCUT2D eigenvalue weighted by Crippen LogP contribution is -2.39. The first-order valence-corrected chi connectivity index (χ1v) is 10.4. The van der Waals surface area contributed by atoms with Crippen molar-refractivity contribution in [2.24, 2.45) is 0 Å². The standard InChI is InChI=1S/C21H27N5O2/c1-3-17-24-21(28-25-17)20-13(2)18-16(11-22-20)23-15-6-4-5-14(19(15)18)12-26-7-9-27-10-8-26/h11,14,23H,3-10,12H2,1-2H3. The van der Waals surface area contributed by atoms with Gasteiger partial charge < -0.3 is 14.2 Å². The summed E-state index contributed by atoms with van der Waals surface area (Å²) in [4.78, 5) is 15.4. The fourth-order valence-electron chi connectivity index (χ4n) is 4.74. The number of hydrogen-bond donors (Lipinski definition) is 1. The van der Waals surface area contributed by atoms with Crippen molar-refractivity contribution in [2.75, 3.05) is 32.8 Å². The summed E-state index contributed by atoms with van der Waals surface area (Å²) in [7, 11) is 0. The van der Waals surface area contributed by atoms with Crippen LogP contribution in [0.4, 0.5) is 0 Å². The molecule has 28 heavy (non-hydrogen) atoms. The van der Waals surface area contributed by atoms with Crippen molar-refractivity contribution < 1.29 is 9.26 Å². The second-order valence-corrected chi connectivity index (χ2v) is 7.91. The largest absolute Gasteiger partial charge is 0.379 e. The number of morpholine rings is 1. The number of hydrogen-bond acceptors (Lipinski definition) is 6. The molecule has 3 aromatic rings. The van der Waals surface area contributed by atoms with Gasteiger partial charge in [0.15, 0.2) is 5.82 Å². The predicted octanol–water partition coefficient (Wildman–Crippen LogP) is 3.24. The minimum absolute atomic E-state index is 0.520. The van der Waals surface area contributed by atoms with Gasteiger partial charge in [0.2, 0.25) is 0 Å². The molecular formula is C21H27N5O2. The molecule has 2 aliphatic rings. The molecule has 1 aliphatic heterocycles. The van der Waals surface area contributed by atoms with E-state index in [4.69, 9.17) is 9.26 Å². The molecule has 0 aromatic carbocycles. The number of aromatic nitrogens is 4. The number of aryl methyl sites for hydroxylation is 3. The van der Waals surface area contributed by atoms with E-state index in [1.54, 1.807) is 0 Å². The zero-order chi connectivity index (χ0) is 19.1. The minimum Gasteiger partial charge on any atom is -0.379 e. The fourth-order valence-corrected chi connectivity index (χ4v) is 4.74. The van der Waals surface area contributed by atoms with Gasteiger partial charge in [0.05, 0.1) is 24.9 Å². The Bertz CT molecular complexity index is 986. The zero-order valence-corrected chi connectivity index (χ0v) is 16.6. The van der Waals surface area contributed by atoms with Crippen molar-refractivity contribution in [3.63, 3.8) is 0 Å². The molecule has 1 aliphatic carbocycles. The van der Waals surface area contributed by atoms with Crippen molar-refractivity contribution in [3.05, 3.63) is 28.8 Å². The van der Waals surface area contributed by atoms with Crippen LogP contribution in [0.25, 0.3) is 22.5 Å². The Morgan fingerprint density at radius 1 is 1.29 bits per heavy atom. The summed E-state index contributed by atoms with van der Waals surface area (Å²) in [6.45, 7) is 9.01. The SMILES string of the molecule is CCc1noc(-c2ncc3[nH]c4c(c3c2C)C(CN2CCOCC2)CCC4)n1. The Morgan fingerprint density at radius 3 is 2.93 bits per heavy atom. The number of fused-ring (bicyclic) bond motifs is 3. The van der Waals surface area contributed by atoms with Crippen LogP contribution in [0.1, 0.15) is 48.3 Å². The summed E-state index contributed by atoms with van der Waals surface area (Å²) < 4.78 is 11.0. The smallest absolute Gasteiger partial charge is 0.276 e. The minimum atomic E-state index is 0.520. The van der Waals surface area contributed by atoms with Gasteiger partial charge in [0.25, 0.3) is 5.89 Å². The first-order valence-electron chi connectivity index (χ1n) is 10.4. The Morgan fingerprint density at radius 2 is 2.14 bits per heavy atom. The maximum Gasteiger partial charge on any atom is 0.276 e. The molecule has 148 valence electrons. The monoisotopic (exact) mass is 381 g/mol. The summed E-state index contributed by atoms with van der Waals surface area (Å²) >= 11 is 0. The number of nitrogens with zero attached hydrogens (tertiary/aromatic N) is 4. The molecule has 1 N–H and O–H groups in total. The van der Waals surface area contributed by atoms with E-state index in [2.05, 4.69) is 31.9 Å². The van der Waals surface area contributed by atoms with Gasteiger partial charge in [-0.2, -0.15) is 4.98 Å². The number of pyridine rings is 1. The molecule has 5 rings (SSSR count). The molecule has 7 nitrogen and oxygen atoms in total. The van der Waals surface area contributed by atoms with Crippen LogP contribution < -0.4 is 0 Å². The number of H-pyrrole nitrogens is 1. The van der Waals surface area contributed by atoms with E-state index in [9.17, 15) is 0 Å². The van der Waals surface area contributed by atoms with Gasteiger partial charge in [-0.3, -0.25) is 4.90 Å². The number of aromatic amines is 1. The molecule has 3 aromatic heterocycles. The third kappa shape index (κ3) is 3.02. The van der Waals surface area contributed by atoms with Crippen LogP contribution in [0, 0.1) is 6.92 Å². The maximum atomic E-state index is 5.53. The maximum absolute atomic E-state index is 5.53. The summed E-state index contributed by atoms with van der Waals surface area (Å²) in [6, 6.07) is 0. The van der Waals surface area contributed by atoms with Gasteiger partial charge in [-0.25, -0.2) is 4.98 Å². The molecule has 0 spiro atoms. The molecule has 1 fully saturated rings. The van der Waals surface area contributed by atoms with Crippen LogP contribution in [0.5, 0.6) is 0 Å². The van der Waals surface area contributed by atoms with Crippen LogP contribution in [0.15, 0.2) is 10.7 Å². The Balaban J connectivity index is 1.57. The number of nitrogens with one attached hydrogen (secondary N) is 1.